The van der Waals surface area contributed by atoms with E-state index in [0.29, 0.717) is 17.0 Å². The lowest BCUT2D eigenvalue weighted by molar-refractivity contribution is -0.143. The van der Waals surface area contributed by atoms with Gasteiger partial charge in [0.15, 0.2) is 5.16 Å². The van der Waals surface area contributed by atoms with Gasteiger partial charge in [-0.3, -0.25) is 14.9 Å². The van der Waals surface area contributed by atoms with Crippen LogP contribution in [-0.4, -0.2) is 38.4 Å². The number of aromatic nitrogens is 2. The normalized spacial score (nSPS) is 17.4. The molecule has 1 unspecified atom stereocenters. The maximum absolute atomic E-state index is 11.6. The van der Waals surface area contributed by atoms with Crippen LogP contribution < -0.4 is 10.9 Å². The Morgan fingerprint density at radius 2 is 2.33 bits per heavy atom. The van der Waals surface area contributed by atoms with Crippen molar-refractivity contribution in [3.05, 3.63) is 22.1 Å². The van der Waals surface area contributed by atoms with Gasteiger partial charge in [0.1, 0.15) is 5.54 Å². The van der Waals surface area contributed by atoms with Crippen molar-refractivity contribution in [2.75, 3.05) is 5.75 Å². The van der Waals surface area contributed by atoms with Crippen molar-refractivity contribution in [1.82, 2.24) is 15.3 Å². The Hall–Kier alpha value is -1.34. The molecule has 0 aliphatic heterocycles. The first kappa shape index (κ1) is 16.0. The lowest BCUT2D eigenvalue weighted by atomic mass is 10.1. The Labute approximate surface area is 127 Å². The fourth-order valence-electron chi connectivity index (χ4n) is 1.99. The second-order valence-electron chi connectivity index (χ2n) is 5.64. The van der Waals surface area contributed by atoms with Gasteiger partial charge >= 0.3 is 5.97 Å². The van der Waals surface area contributed by atoms with Crippen molar-refractivity contribution in [2.45, 2.75) is 56.3 Å². The summed E-state index contributed by atoms with van der Waals surface area (Å²) in [5, 5.41) is 13.0. The molecule has 1 fully saturated rings. The number of rotatable bonds is 8. The van der Waals surface area contributed by atoms with E-state index in [1.807, 2.05) is 6.92 Å². The number of carboxylic acids is 1. The van der Waals surface area contributed by atoms with Crippen molar-refractivity contribution >= 4 is 17.7 Å². The predicted octanol–water partition coefficient (Wildman–Crippen LogP) is 1.41. The molecule has 0 bridgehead atoms. The molecule has 116 valence electrons. The summed E-state index contributed by atoms with van der Waals surface area (Å²) in [6.45, 7) is 3.70. The van der Waals surface area contributed by atoms with Gasteiger partial charge in [-0.25, -0.2) is 4.98 Å². The van der Waals surface area contributed by atoms with Crippen molar-refractivity contribution in [3.63, 3.8) is 0 Å². The molecule has 3 N–H and O–H groups in total. The summed E-state index contributed by atoms with van der Waals surface area (Å²) in [4.78, 5) is 30.1. The van der Waals surface area contributed by atoms with Gasteiger partial charge in [0.25, 0.3) is 5.56 Å². The van der Waals surface area contributed by atoms with E-state index in [1.54, 1.807) is 6.92 Å². The summed E-state index contributed by atoms with van der Waals surface area (Å²) in [5.74, 6) is -0.564. The molecule has 7 heteroatoms. The van der Waals surface area contributed by atoms with Crippen LogP contribution in [0.5, 0.6) is 0 Å². The number of H-pyrrole nitrogens is 1. The lowest BCUT2D eigenvalue weighted by Gasteiger charge is -2.25. The number of aryl methyl sites for hydroxylation is 1. The van der Waals surface area contributed by atoms with E-state index < -0.39 is 11.5 Å². The summed E-state index contributed by atoms with van der Waals surface area (Å²) < 4.78 is 0. The number of carboxylic acid groups (broad SMARTS) is 1. The van der Waals surface area contributed by atoms with Crippen molar-refractivity contribution < 1.29 is 9.90 Å². The van der Waals surface area contributed by atoms with Crippen LogP contribution in [-0.2, 0) is 11.2 Å². The molecule has 0 aromatic carbocycles. The molecule has 0 saturated heterocycles. The number of carbonyl (C=O) groups is 1. The van der Waals surface area contributed by atoms with Crippen LogP contribution in [0.15, 0.2) is 16.0 Å². The summed E-state index contributed by atoms with van der Waals surface area (Å²) in [6.07, 6.45) is 3.70. The van der Waals surface area contributed by atoms with Gasteiger partial charge in [0.05, 0.1) is 0 Å². The highest BCUT2D eigenvalue weighted by Gasteiger charge is 2.38. The van der Waals surface area contributed by atoms with Crippen LogP contribution >= 0.6 is 11.8 Å². The van der Waals surface area contributed by atoms with Gasteiger partial charge in [-0.05, 0) is 26.2 Å². The highest BCUT2D eigenvalue weighted by molar-refractivity contribution is 7.99. The summed E-state index contributed by atoms with van der Waals surface area (Å²) >= 11 is 1.27. The monoisotopic (exact) mass is 311 g/mol. The molecule has 0 amide bonds. The van der Waals surface area contributed by atoms with Crippen LogP contribution in [0.25, 0.3) is 0 Å². The highest BCUT2D eigenvalue weighted by atomic mass is 32.2. The molecule has 0 radical (unpaired) electrons. The van der Waals surface area contributed by atoms with E-state index in [-0.39, 0.29) is 5.56 Å². The number of aliphatic carboxylic acids is 1. The second kappa shape index (κ2) is 6.62. The quantitative estimate of drug-likeness (QED) is 0.496. The van der Waals surface area contributed by atoms with E-state index in [2.05, 4.69) is 15.3 Å². The minimum absolute atomic E-state index is 0.192. The average molecular weight is 311 g/mol. The van der Waals surface area contributed by atoms with Crippen molar-refractivity contribution in [3.8, 4) is 0 Å². The Kier molecular flexibility index (Phi) is 5.05. The molecule has 1 saturated carbocycles. The molecule has 1 aromatic rings. The molecule has 6 nitrogen and oxygen atoms in total. The number of thioether (sulfide) groups is 1. The lowest BCUT2D eigenvalue weighted by Crippen LogP contribution is -2.52. The third-order valence-electron chi connectivity index (χ3n) is 3.35. The van der Waals surface area contributed by atoms with Crippen LogP contribution in [0.2, 0.25) is 0 Å². The molecule has 0 spiro atoms. The average Bonchev–Trinajstić information content (AvgIpc) is 3.20. The number of nitrogens with one attached hydrogen (secondary N) is 2. The molecule has 1 heterocycles. The Morgan fingerprint density at radius 1 is 1.62 bits per heavy atom. The van der Waals surface area contributed by atoms with Crippen molar-refractivity contribution in [1.29, 1.82) is 0 Å². The molecule has 1 aliphatic carbocycles. The SMILES string of the molecule is CCCc1cc(=O)[nH]c(SCC(C)(NC2CC2)C(=O)O)n1. The first-order chi connectivity index (χ1) is 9.93. The summed E-state index contributed by atoms with van der Waals surface area (Å²) in [7, 11) is 0. The van der Waals surface area contributed by atoms with Gasteiger partial charge < -0.3 is 10.1 Å². The molecule has 21 heavy (non-hydrogen) atoms. The number of nitrogens with zero attached hydrogens (tertiary/aromatic N) is 1. The molecule has 1 aromatic heterocycles. The van der Waals surface area contributed by atoms with Gasteiger partial charge in [0, 0.05) is 23.6 Å². The van der Waals surface area contributed by atoms with E-state index in [0.717, 1.165) is 31.4 Å². The van der Waals surface area contributed by atoms with Gasteiger partial charge in [0.2, 0.25) is 0 Å². The van der Waals surface area contributed by atoms with Gasteiger partial charge in [-0.2, -0.15) is 0 Å². The number of aromatic amines is 1. The molecular weight excluding hydrogens is 290 g/mol. The minimum Gasteiger partial charge on any atom is -0.480 e. The Balaban J connectivity index is 2.06. The highest BCUT2D eigenvalue weighted by Crippen LogP contribution is 2.26. The fraction of sp³-hybridized carbons (Fsp3) is 0.643. The smallest absolute Gasteiger partial charge is 0.324 e. The van der Waals surface area contributed by atoms with Gasteiger partial charge in [-0.15, -0.1) is 0 Å². The molecule has 1 aliphatic rings. The summed E-state index contributed by atoms with van der Waals surface area (Å²) in [6, 6.07) is 1.79. The van der Waals surface area contributed by atoms with Crippen LogP contribution in [0.1, 0.15) is 38.8 Å². The minimum atomic E-state index is -1.01. The van der Waals surface area contributed by atoms with E-state index >= 15 is 0 Å². The predicted molar refractivity (Wildman–Crippen MR) is 81.8 cm³/mol. The third-order valence-corrected chi connectivity index (χ3v) is 4.54. The van der Waals surface area contributed by atoms with E-state index in [9.17, 15) is 14.7 Å². The Morgan fingerprint density at radius 3 is 2.90 bits per heavy atom. The number of hydrogen-bond acceptors (Lipinski definition) is 5. The van der Waals surface area contributed by atoms with Crippen LogP contribution in [0, 0.1) is 0 Å². The number of hydrogen-bond donors (Lipinski definition) is 3. The Bertz CT molecular complexity index is 571. The van der Waals surface area contributed by atoms with Crippen LogP contribution in [0.3, 0.4) is 0 Å². The van der Waals surface area contributed by atoms with E-state index in [4.69, 9.17) is 0 Å². The van der Waals surface area contributed by atoms with E-state index in [1.165, 1.54) is 17.8 Å². The van der Waals surface area contributed by atoms with Gasteiger partial charge in [-0.1, -0.05) is 25.1 Å². The largest absolute Gasteiger partial charge is 0.480 e. The molecule has 2 rings (SSSR count). The molecule has 1 atom stereocenters. The second-order valence-corrected chi connectivity index (χ2v) is 6.60. The zero-order valence-electron chi connectivity index (χ0n) is 12.3. The fourth-order valence-corrected chi connectivity index (χ4v) is 2.98. The van der Waals surface area contributed by atoms with Crippen molar-refractivity contribution in [2.24, 2.45) is 0 Å². The maximum Gasteiger partial charge on any atom is 0.324 e. The molecular formula is C14H21N3O3S. The maximum atomic E-state index is 11.6. The summed E-state index contributed by atoms with van der Waals surface area (Å²) in [5.41, 5.74) is -0.454. The van der Waals surface area contributed by atoms with Crippen LogP contribution in [0.4, 0.5) is 0 Å². The zero-order valence-corrected chi connectivity index (χ0v) is 13.1. The topological polar surface area (TPSA) is 95.1 Å². The first-order valence-corrected chi connectivity index (χ1v) is 8.15. The zero-order chi connectivity index (χ0) is 15.5. The standard InChI is InChI=1S/C14H21N3O3S/c1-3-4-10-7-11(18)16-13(15-10)21-8-14(2,12(19)20)17-9-5-6-9/h7,9,17H,3-6,8H2,1-2H3,(H,19,20)(H,15,16,18). The first-order valence-electron chi connectivity index (χ1n) is 7.17. The third kappa shape index (κ3) is 4.57.